The molecule has 100 valence electrons. The van der Waals surface area contributed by atoms with Crippen molar-refractivity contribution in [2.24, 2.45) is 0 Å². The van der Waals surface area contributed by atoms with Gasteiger partial charge in [-0.2, -0.15) is 0 Å². The maximum absolute atomic E-state index is 11.1. The summed E-state index contributed by atoms with van der Waals surface area (Å²) in [6.45, 7) is 4.51. The first-order valence-corrected chi connectivity index (χ1v) is 6.06. The number of aromatic carboxylic acids is 1. The fourth-order valence-electron chi connectivity index (χ4n) is 1.65. The molecular weight excluding hydrogens is 244 g/mol. The molecule has 2 aromatic heterocycles. The number of rotatable bonds is 5. The van der Waals surface area contributed by atoms with Gasteiger partial charge in [0.25, 0.3) is 0 Å². The van der Waals surface area contributed by atoms with Gasteiger partial charge in [0, 0.05) is 17.8 Å². The molecule has 0 radical (unpaired) electrons. The van der Waals surface area contributed by atoms with Gasteiger partial charge in [0.05, 0.1) is 18.1 Å². The number of nitrogens with one attached hydrogen (secondary N) is 1. The van der Waals surface area contributed by atoms with Gasteiger partial charge in [-0.25, -0.2) is 9.78 Å². The SMILES string of the molecule is CC(C)c1cc(C(=O)O)cc(NCc2ccoc2)n1. The summed E-state index contributed by atoms with van der Waals surface area (Å²) < 4.78 is 4.97. The molecule has 2 rings (SSSR count). The lowest BCUT2D eigenvalue weighted by Crippen LogP contribution is -2.07. The highest BCUT2D eigenvalue weighted by atomic mass is 16.4. The molecule has 0 saturated carbocycles. The van der Waals surface area contributed by atoms with E-state index in [9.17, 15) is 4.79 Å². The number of pyridine rings is 1. The third-order valence-corrected chi connectivity index (χ3v) is 2.74. The number of carbonyl (C=O) groups is 1. The van der Waals surface area contributed by atoms with Gasteiger partial charge in [0.1, 0.15) is 5.82 Å². The van der Waals surface area contributed by atoms with Crippen molar-refractivity contribution in [1.82, 2.24) is 4.98 Å². The van der Waals surface area contributed by atoms with Crippen molar-refractivity contribution in [3.05, 3.63) is 47.5 Å². The Hall–Kier alpha value is -2.30. The number of carboxylic acids is 1. The predicted octanol–water partition coefficient (Wildman–Crippen LogP) is 3.11. The Morgan fingerprint density at radius 1 is 1.47 bits per heavy atom. The zero-order chi connectivity index (χ0) is 13.8. The summed E-state index contributed by atoms with van der Waals surface area (Å²) in [5, 5.41) is 12.2. The third kappa shape index (κ3) is 3.34. The van der Waals surface area contributed by atoms with E-state index in [0.29, 0.717) is 12.4 Å². The Labute approximate surface area is 111 Å². The van der Waals surface area contributed by atoms with E-state index in [1.165, 1.54) is 6.07 Å². The standard InChI is InChI=1S/C14H16N2O3/c1-9(2)12-5-11(14(17)18)6-13(16-12)15-7-10-3-4-19-8-10/h3-6,8-9H,7H2,1-2H3,(H,15,16)(H,17,18). The van der Waals surface area contributed by atoms with Crippen LogP contribution in [0.15, 0.2) is 35.1 Å². The Bertz CT molecular complexity index is 562. The maximum atomic E-state index is 11.1. The van der Waals surface area contributed by atoms with Crippen molar-refractivity contribution in [3.8, 4) is 0 Å². The molecular formula is C14H16N2O3. The van der Waals surface area contributed by atoms with E-state index in [1.807, 2.05) is 19.9 Å². The topological polar surface area (TPSA) is 75.4 Å². The van der Waals surface area contributed by atoms with E-state index in [0.717, 1.165) is 11.3 Å². The van der Waals surface area contributed by atoms with Crippen molar-refractivity contribution in [2.75, 3.05) is 5.32 Å². The molecule has 0 bridgehead atoms. The summed E-state index contributed by atoms with van der Waals surface area (Å²) >= 11 is 0. The second kappa shape index (κ2) is 5.56. The van der Waals surface area contributed by atoms with Gasteiger partial charge >= 0.3 is 5.97 Å². The Morgan fingerprint density at radius 3 is 2.84 bits per heavy atom. The first-order valence-electron chi connectivity index (χ1n) is 6.06. The molecule has 5 nitrogen and oxygen atoms in total. The lowest BCUT2D eigenvalue weighted by molar-refractivity contribution is 0.0696. The number of nitrogens with zero attached hydrogens (tertiary/aromatic N) is 1. The monoisotopic (exact) mass is 260 g/mol. The normalized spacial score (nSPS) is 10.7. The number of furan rings is 1. The summed E-state index contributed by atoms with van der Waals surface area (Å²) in [5.74, 6) is -0.214. The molecule has 0 aliphatic heterocycles. The first kappa shape index (κ1) is 13.1. The quantitative estimate of drug-likeness (QED) is 0.863. The highest BCUT2D eigenvalue weighted by molar-refractivity contribution is 5.88. The van der Waals surface area contributed by atoms with Gasteiger partial charge < -0.3 is 14.8 Å². The molecule has 0 amide bonds. The number of anilines is 1. The van der Waals surface area contributed by atoms with Crippen LogP contribution in [-0.2, 0) is 6.54 Å². The molecule has 0 aliphatic carbocycles. The zero-order valence-corrected chi connectivity index (χ0v) is 10.9. The summed E-state index contributed by atoms with van der Waals surface area (Å²) in [6, 6.07) is 4.99. The van der Waals surface area contributed by atoms with Gasteiger partial charge in [-0.05, 0) is 24.1 Å². The maximum Gasteiger partial charge on any atom is 0.335 e. The molecule has 5 heteroatoms. The predicted molar refractivity (Wildman–Crippen MR) is 71.3 cm³/mol. The fourth-order valence-corrected chi connectivity index (χ4v) is 1.65. The largest absolute Gasteiger partial charge is 0.478 e. The number of hydrogen-bond acceptors (Lipinski definition) is 4. The van der Waals surface area contributed by atoms with Crippen LogP contribution < -0.4 is 5.32 Å². The minimum Gasteiger partial charge on any atom is -0.478 e. The van der Waals surface area contributed by atoms with Crippen LogP contribution in [0.1, 0.15) is 41.4 Å². The van der Waals surface area contributed by atoms with E-state index >= 15 is 0 Å². The van der Waals surface area contributed by atoms with Gasteiger partial charge in [-0.1, -0.05) is 13.8 Å². The minimum absolute atomic E-state index is 0.175. The Kier molecular flexibility index (Phi) is 3.85. The van der Waals surface area contributed by atoms with Crippen LogP contribution in [0.2, 0.25) is 0 Å². The molecule has 2 heterocycles. The summed E-state index contributed by atoms with van der Waals surface area (Å²) in [4.78, 5) is 15.5. The van der Waals surface area contributed by atoms with Crippen LogP contribution in [0.4, 0.5) is 5.82 Å². The molecule has 0 unspecified atom stereocenters. The average molecular weight is 260 g/mol. The molecule has 2 N–H and O–H groups in total. The fraction of sp³-hybridized carbons (Fsp3) is 0.286. The number of hydrogen-bond donors (Lipinski definition) is 2. The summed E-state index contributed by atoms with van der Waals surface area (Å²) in [7, 11) is 0. The highest BCUT2D eigenvalue weighted by Gasteiger charge is 2.10. The smallest absolute Gasteiger partial charge is 0.335 e. The number of carboxylic acid groups (broad SMARTS) is 1. The van der Waals surface area contributed by atoms with Crippen LogP contribution in [0.5, 0.6) is 0 Å². The molecule has 0 aromatic carbocycles. The lowest BCUT2D eigenvalue weighted by atomic mass is 10.1. The molecule has 0 fully saturated rings. The van der Waals surface area contributed by atoms with E-state index in [2.05, 4.69) is 10.3 Å². The minimum atomic E-state index is -0.948. The van der Waals surface area contributed by atoms with E-state index < -0.39 is 5.97 Å². The van der Waals surface area contributed by atoms with Crippen LogP contribution >= 0.6 is 0 Å². The van der Waals surface area contributed by atoms with Crippen molar-refractivity contribution in [2.45, 2.75) is 26.3 Å². The van der Waals surface area contributed by atoms with E-state index in [-0.39, 0.29) is 11.5 Å². The van der Waals surface area contributed by atoms with Gasteiger partial charge in [0.2, 0.25) is 0 Å². The van der Waals surface area contributed by atoms with Crippen LogP contribution in [0.3, 0.4) is 0 Å². The molecule has 19 heavy (non-hydrogen) atoms. The van der Waals surface area contributed by atoms with Crippen LogP contribution in [0, 0.1) is 0 Å². The molecule has 2 aromatic rings. The number of aromatic nitrogens is 1. The van der Waals surface area contributed by atoms with E-state index in [1.54, 1.807) is 18.6 Å². The van der Waals surface area contributed by atoms with Crippen LogP contribution in [0.25, 0.3) is 0 Å². The molecule has 0 atom stereocenters. The highest BCUT2D eigenvalue weighted by Crippen LogP contribution is 2.18. The molecule has 0 aliphatic rings. The van der Waals surface area contributed by atoms with Crippen molar-refractivity contribution < 1.29 is 14.3 Å². The third-order valence-electron chi connectivity index (χ3n) is 2.74. The van der Waals surface area contributed by atoms with Crippen LogP contribution in [-0.4, -0.2) is 16.1 Å². The van der Waals surface area contributed by atoms with Gasteiger partial charge in [-0.3, -0.25) is 0 Å². The first-order chi connectivity index (χ1) is 9.06. The van der Waals surface area contributed by atoms with Crippen molar-refractivity contribution in [1.29, 1.82) is 0 Å². The second-order valence-corrected chi connectivity index (χ2v) is 4.61. The Morgan fingerprint density at radius 2 is 2.26 bits per heavy atom. The Balaban J connectivity index is 2.21. The van der Waals surface area contributed by atoms with Gasteiger partial charge in [-0.15, -0.1) is 0 Å². The molecule has 0 saturated heterocycles. The van der Waals surface area contributed by atoms with Crippen molar-refractivity contribution in [3.63, 3.8) is 0 Å². The lowest BCUT2D eigenvalue weighted by Gasteiger charge is -2.10. The summed E-state index contributed by atoms with van der Waals surface area (Å²) in [6.07, 6.45) is 3.23. The summed E-state index contributed by atoms with van der Waals surface area (Å²) in [5.41, 5.74) is 1.98. The van der Waals surface area contributed by atoms with Gasteiger partial charge in [0.15, 0.2) is 0 Å². The zero-order valence-electron chi connectivity index (χ0n) is 10.9. The van der Waals surface area contributed by atoms with Crippen molar-refractivity contribution >= 4 is 11.8 Å². The average Bonchev–Trinajstić information content (AvgIpc) is 2.89. The van der Waals surface area contributed by atoms with E-state index in [4.69, 9.17) is 9.52 Å². The molecule has 0 spiro atoms. The second-order valence-electron chi connectivity index (χ2n) is 4.61.